The van der Waals surface area contributed by atoms with Gasteiger partial charge in [-0.2, -0.15) is 12.6 Å². The van der Waals surface area contributed by atoms with Crippen LogP contribution in [0, 0.1) is 5.92 Å². The van der Waals surface area contributed by atoms with Crippen molar-refractivity contribution in [1.29, 1.82) is 0 Å². The SMILES string of the molecule is CC(S)CC1CCC(NC(CP(=O)(O)O)P(=O)(O)O)NC1. The van der Waals surface area contributed by atoms with E-state index in [2.05, 4.69) is 23.3 Å². The second kappa shape index (κ2) is 7.90. The van der Waals surface area contributed by atoms with Crippen LogP contribution in [0.25, 0.3) is 0 Å². The van der Waals surface area contributed by atoms with E-state index < -0.39 is 27.1 Å². The second-order valence-electron chi connectivity index (χ2n) is 5.61. The average Bonchev–Trinajstić information content (AvgIpc) is 2.27. The molecule has 0 radical (unpaired) electrons. The predicted molar refractivity (Wildman–Crippen MR) is 83.5 cm³/mol. The molecule has 4 atom stereocenters. The van der Waals surface area contributed by atoms with Crippen molar-refractivity contribution in [1.82, 2.24) is 10.6 Å². The van der Waals surface area contributed by atoms with Gasteiger partial charge in [-0.05, 0) is 37.0 Å². The highest BCUT2D eigenvalue weighted by Crippen LogP contribution is 2.47. The molecule has 0 aromatic rings. The van der Waals surface area contributed by atoms with Gasteiger partial charge < -0.3 is 24.9 Å². The van der Waals surface area contributed by atoms with E-state index in [9.17, 15) is 18.9 Å². The molecule has 126 valence electrons. The molecule has 6 N–H and O–H groups in total. The van der Waals surface area contributed by atoms with Crippen LogP contribution < -0.4 is 10.6 Å². The molecule has 1 rings (SSSR count). The van der Waals surface area contributed by atoms with Crippen molar-refractivity contribution in [2.24, 2.45) is 5.92 Å². The lowest BCUT2D eigenvalue weighted by Crippen LogP contribution is -2.52. The average molecular weight is 362 g/mol. The van der Waals surface area contributed by atoms with Crippen LogP contribution in [0.2, 0.25) is 0 Å². The Hall–Kier alpha value is 0.570. The largest absolute Gasteiger partial charge is 0.343 e. The van der Waals surface area contributed by atoms with Crippen LogP contribution in [0.5, 0.6) is 0 Å². The minimum Gasteiger partial charge on any atom is -0.324 e. The van der Waals surface area contributed by atoms with Crippen molar-refractivity contribution in [3.63, 3.8) is 0 Å². The van der Waals surface area contributed by atoms with Crippen LogP contribution in [-0.4, -0.2) is 49.5 Å². The highest BCUT2D eigenvalue weighted by molar-refractivity contribution is 7.80. The van der Waals surface area contributed by atoms with Crippen LogP contribution in [0.4, 0.5) is 0 Å². The first-order chi connectivity index (χ1) is 9.47. The van der Waals surface area contributed by atoms with Gasteiger partial charge in [-0.25, -0.2) is 0 Å². The zero-order valence-electron chi connectivity index (χ0n) is 11.8. The monoisotopic (exact) mass is 362 g/mol. The van der Waals surface area contributed by atoms with Gasteiger partial charge >= 0.3 is 15.2 Å². The fraction of sp³-hybridized carbons (Fsp3) is 1.00. The lowest BCUT2D eigenvalue weighted by molar-refractivity contribution is 0.252. The van der Waals surface area contributed by atoms with E-state index in [4.69, 9.17) is 9.79 Å². The van der Waals surface area contributed by atoms with Gasteiger partial charge in [0.05, 0.1) is 12.3 Å². The van der Waals surface area contributed by atoms with Crippen LogP contribution in [-0.2, 0) is 9.13 Å². The number of rotatable bonds is 7. The molecule has 4 unspecified atom stereocenters. The van der Waals surface area contributed by atoms with E-state index in [0.717, 1.165) is 12.8 Å². The number of piperidine rings is 1. The van der Waals surface area contributed by atoms with Crippen molar-refractivity contribution in [2.75, 3.05) is 12.7 Å². The highest BCUT2D eigenvalue weighted by atomic mass is 32.1. The maximum absolute atomic E-state index is 11.3. The molecule has 21 heavy (non-hydrogen) atoms. The predicted octanol–water partition coefficient (Wildman–Crippen LogP) is 0.292. The number of hydrogen-bond acceptors (Lipinski definition) is 5. The summed E-state index contributed by atoms with van der Waals surface area (Å²) in [7, 11) is -9.14. The Labute approximate surface area is 129 Å². The Balaban J connectivity index is 2.54. The van der Waals surface area contributed by atoms with Crippen molar-refractivity contribution in [3.05, 3.63) is 0 Å². The van der Waals surface area contributed by atoms with Gasteiger partial charge in [0.2, 0.25) is 0 Å². The van der Waals surface area contributed by atoms with Crippen molar-refractivity contribution in [2.45, 2.75) is 43.4 Å². The van der Waals surface area contributed by atoms with Gasteiger partial charge in [-0.1, -0.05) is 6.92 Å². The van der Waals surface area contributed by atoms with Crippen molar-refractivity contribution < 1.29 is 28.7 Å². The fourth-order valence-electron chi connectivity index (χ4n) is 2.45. The Morgan fingerprint density at radius 1 is 1.29 bits per heavy atom. The number of nitrogens with one attached hydrogen (secondary N) is 2. The molecule has 0 aliphatic carbocycles. The molecular weight excluding hydrogens is 338 g/mol. The Morgan fingerprint density at radius 2 is 1.90 bits per heavy atom. The maximum Gasteiger partial charge on any atom is 0.343 e. The summed E-state index contributed by atoms with van der Waals surface area (Å²) in [6.45, 7) is 2.70. The van der Waals surface area contributed by atoms with E-state index in [1.165, 1.54) is 0 Å². The molecule has 1 heterocycles. The third-order valence-corrected chi connectivity index (χ3v) is 5.88. The van der Waals surface area contributed by atoms with Gasteiger partial charge in [0.1, 0.15) is 5.78 Å². The van der Waals surface area contributed by atoms with E-state index in [1.54, 1.807) is 0 Å². The first-order valence-electron chi connectivity index (χ1n) is 6.74. The minimum absolute atomic E-state index is 0.291. The maximum atomic E-state index is 11.3. The Kier molecular flexibility index (Phi) is 7.38. The van der Waals surface area contributed by atoms with Gasteiger partial charge in [0.25, 0.3) is 0 Å². The molecule has 0 spiro atoms. The summed E-state index contributed by atoms with van der Waals surface area (Å²) in [4.78, 5) is 36.3. The molecule has 0 saturated carbocycles. The molecule has 0 aromatic heterocycles. The van der Waals surface area contributed by atoms with Gasteiger partial charge in [-0.15, -0.1) is 0 Å². The summed E-state index contributed by atoms with van der Waals surface area (Å²) < 4.78 is 22.3. The molecule has 11 heteroatoms. The number of hydrogen-bond donors (Lipinski definition) is 7. The van der Waals surface area contributed by atoms with Gasteiger partial charge in [0.15, 0.2) is 0 Å². The van der Waals surface area contributed by atoms with E-state index in [0.29, 0.717) is 24.1 Å². The fourth-order valence-corrected chi connectivity index (χ4v) is 5.17. The summed E-state index contributed by atoms with van der Waals surface area (Å²) in [6.07, 6.45) is 1.22. The molecule has 1 saturated heterocycles. The smallest absolute Gasteiger partial charge is 0.324 e. The molecule has 0 aromatic carbocycles. The first kappa shape index (κ1) is 19.6. The molecular formula is C10H24N2O6P2S. The lowest BCUT2D eigenvalue weighted by Gasteiger charge is -2.34. The van der Waals surface area contributed by atoms with E-state index in [-0.39, 0.29) is 6.17 Å². The Morgan fingerprint density at radius 3 is 2.29 bits per heavy atom. The van der Waals surface area contributed by atoms with E-state index in [1.807, 2.05) is 6.92 Å². The molecule has 1 aliphatic heterocycles. The third-order valence-electron chi connectivity index (χ3n) is 3.40. The van der Waals surface area contributed by atoms with Crippen molar-refractivity contribution in [3.8, 4) is 0 Å². The highest BCUT2D eigenvalue weighted by Gasteiger charge is 2.37. The van der Waals surface area contributed by atoms with Gasteiger partial charge in [-0.3, -0.25) is 14.4 Å². The Bertz CT molecular complexity index is 418. The lowest BCUT2D eigenvalue weighted by atomic mass is 9.93. The van der Waals surface area contributed by atoms with Gasteiger partial charge in [0, 0.05) is 0 Å². The molecule has 1 aliphatic rings. The second-order valence-corrected chi connectivity index (χ2v) is 9.99. The summed E-state index contributed by atoms with van der Waals surface area (Å²) in [6, 6.07) is 0. The molecule has 1 fully saturated rings. The van der Waals surface area contributed by atoms with E-state index >= 15 is 0 Å². The van der Waals surface area contributed by atoms with Crippen LogP contribution in [0.3, 0.4) is 0 Å². The molecule has 0 bridgehead atoms. The first-order valence-corrected chi connectivity index (χ1v) is 10.7. The summed E-state index contributed by atoms with van der Waals surface area (Å²) in [5, 5.41) is 6.05. The summed E-state index contributed by atoms with van der Waals surface area (Å²) >= 11 is 4.34. The standard InChI is InChI=1S/C10H24N2O6P2S/c1-7(21)4-8-2-3-9(11-5-8)12-10(20(16,17)18)6-19(13,14)15/h7-12,21H,2-6H2,1H3,(H2,13,14,15)(H2,16,17,18). The van der Waals surface area contributed by atoms with Crippen LogP contribution >= 0.6 is 27.8 Å². The topological polar surface area (TPSA) is 139 Å². The van der Waals surface area contributed by atoms with Crippen molar-refractivity contribution >= 4 is 27.8 Å². The normalized spacial score (nSPS) is 27.3. The number of thiol groups is 1. The quantitative estimate of drug-likeness (QED) is 0.253. The minimum atomic E-state index is -4.63. The zero-order valence-corrected chi connectivity index (χ0v) is 14.5. The third kappa shape index (κ3) is 8.11. The molecule has 8 nitrogen and oxygen atoms in total. The summed E-state index contributed by atoms with van der Waals surface area (Å²) in [5.74, 6) is -1.10. The van der Waals surface area contributed by atoms with Crippen LogP contribution in [0.15, 0.2) is 0 Å². The molecule has 0 amide bonds. The van der Waals surface area contributed by atoms with Crippen LogP contribution in [0.1, 0.15) is 26.2 Å². The zero-order chi connectivity index (χ0) is 16.3. The summed E-state index contributed by atoms with van der Waals surface area (Å²) in [5.41, 5.74) is 0.